The van der Waals surface area contributed by atoms with E-state index in [1.165, 1.54) is 11.8 Å². The molecule has 0 spiro atoms. The summed E-state index contributed by atoms with van der Waals surface area (Å²) < 4.78 is 11.9. The number of methoxy groups -OCH3 is 2. The van der Waals surface area contributed by atoms with Gasteiger partial charge >= 0.3 is 5.97 Å². The number of thioether (sulfide) groups is 1. The predicted octanol–water partition coefficient (Wildman–Crippen LogP) is 6.67. The molecule has 196 valence electrons. The van der Waals surface area contributed by atoms with Crippen molar-refractivity contribution in [3.8, 4) is 22.6 Å². The molecular weight excluding hydrogens is 530 g/mol. The molecule has 0 aromatic heterocycles. The van der Waals surface area contributed by atoms with E-state index in [-0.39, 0.29) is 11.5 Å². The maximum Gasteiger partial charge on any atom is 0.335 e. The number of hydrogen-bond acceptors (Lipinski definition) is 6. The molecule has 1 fully saturated rings. The summed E-state index contributed by atoms with van der Waals surface area (Å²) in [6.07, 6.45) is 2.38. The van der Waals surface area contributed by atoms with Gasteiger partial charge in [-0.1, -0.05) is 72.5 Å². The first-order valence-electron chi connectivity index (χ1n) is 12.2. The molecule has 5 rings (SSSR count). The van der Waals surface area contributed by atoms with Crippen LogP contribution in [0.1, 0.15) is 21.5 Å². The fourth-order valence-electron chi connectivity index (χ4n) is 4.54. The van der Waals surface area contributed by atoms with Crippen LogP contribution in [0.4, 0.5) is 0 Å². The summed E-state index contributed by atoms with van der Waals surface area (Å²) in [6.45, 7) is 0.405. The number of thiocarbonyl (C=S) groups is 1. The maximum absolute atomic E-state index is 13.3. The minimum atomic E-state index is -0.970. The number of carbonyl (C=O) groups excluding carboxylic acids is 1. The summed E-state index contributed by atoms with van der Waals surface area (Å²) in [5.74, 6) is 0.0536. The molecule has 1 aliphatic rings. The number of hydrogen-bond donors (Lipinski definition) is 1. The van der Waals surface area contributed by atoms with E-state index in [1.807, 2.05) is 36.4 Å². The molecule has 1 heterocycles. The summed E-state index contributed by atoms with van der Waals surface area (Å²) in [5, 5.41) is 11.3. The second-order valence-corrected chi connectivity index (χ2v) is 10.6. The van der Waals surface area contributed by atoms with E-state index < -0.39 is 5.97 Å². The Bertz CT molecular complexity index is 1630. The Morgan fingerprint density at radius 1 is 0.974 bits per heavy atom. The van der Waals surface area contributed by atoms with E-state index in [4.69, 9.17) is 26.8 Å². The van der Waals surface area contributed by atoms with Gasteiger partial charge in [-0.15, -0.1) is 0 Å². The molecule has 6 nitrogen and oxygen atoms in total. The van der Waals surface area contributed by atoms with Crippen molar-refractivity contribution in [2.24, 2.45) is 0 Å². The number of fused-ring (bicyclic) bond motifs is 1. The van der Waals surface area contributed by atoms with Gasteiger partial charge in [-0.05, 0) is 70.3 Å². The number of aromatic carboxylic acids is 1. The van der Waals surface area contributed by atoms with Crippen LogP contribution < -0.4 is 9.47 Å². The van der Waals surface area contributed by atoms with Crippen molar-refractivity contribution in [3.05, 3.63) is 100 Å². The van der Waals surface area contributed by atoms with Gasteiger partial charge in [0, 0.05) is 12.1 Å². The zero-order chi connectivity index (χ0) is 27.5. The van der Waals surface area contributed by atoms with Gasteiger partial charge in [0.25, 0.3) is 5.91 Å². The number of carboxylic acid groups (broad SMARTS) is 1. The normalized spacial score (nSPS) is 14.3. The molecule has 1 amide bonds. The molecule has 0 bridgehead atoms. The molecule has 0 radical (unpaired) electrons. The molecule has 0 aliphatic carbocycles. The molecule has 0 saturated carbocycles. The Morgan fingerprint density at radius 3 is 2.41 bits per heavy atom. The Morgan fingerprint density at radius 2 is 1.72 bits per heavy atom. The molecule has 8 heteroatoms. The minimum Gasteiger partial charge on any atom is -0.493 e. The quantitative estimate of drug-likeness (QED) is 0.192. The molecule has 1 N–H and O–H groups in total. The van der Waals surface area contributed by atoms with Crippen LogP contribution in [0.25, 0.3) is 28.0 Å². The molecule has 0 atom stereocenters. The zero-order valence-electron chi connectivity index (χ0n) is 21.3. The van der Waals surface area contributed by atoms with Gasteiger partial charge in [0.15, 0.2) is 11.5 Å². The van der Waals surface area contributed by atoms with Gasteiger partial charge in [0.1, 0.15) is 4.32 Å². The predicted molar refractivity (Wildman–Crippen MR) is 159 cm³/mol. The highest BCUT2D eigenvalue weighted by Gasteiger charge is 2.31. The monoisotopic (exact) mass is 555 g/mol. The lowest BCUT2D eigenvalue weighted by Crippen LogP contribution is -2.30. The van der Waals surface area contributed by atoms with Crippen molar-refractivity contribution < 1.29 is 24.2 Å². The van der Waals surface area contributed by atoms with Crippen molar-refractivity contribution in [3.63, 3.8) is 0 Å². The number of benzene rings is 4. The second-order valence-electron chi connectivity index (χ2n) is 8.95. The lowest BCUT2D eigenvalue weighted by Gasteiger charge is -2.15. The third-order valence-electron chi connectivity index (χ3n) is 6.56. The number of rotatable bonds is 8. The van der Waals surface area contributed by atoms with Crippen LogP contribution in [0.15, 0.2) is 83.8 Å². The van der Waals surface area contributed by atoms with E-state index in [9.17, 15) is 9.59 Å². The molecule has 1 aliphatic heterocycles. The third kappa shape index (κ3) is 5.53. The summed E-state index contributed by atoms with van der Waals surface area (Å²) in [7, 11) is 3.21. The Hall–Kier alpha value is -4.14. The van der Waals surface area contributed by atoms with Crippen molar-refractivity contribution in [1.29, 1.82) is 0 Å². The molecule has 39 heavy (non-hydrogen) atoms. The highest BCUT2D eigenvalue weighted by atomic mass is 32.2. The van der Waals surface area contributed by atoms with Gasteiger partial charge < -0.3 is 14.6 Å². The first-order chi connectivity index (χ1) is 18.9. The highest BCUT2D eigenvalue weighted by Crippen LogP contribution is 2.42. The van der Waals surface area contributed by atoms with E-state index in [0.29, 0.717) is 33.7 Å². The zero-order valence-corrected chi connectivity index (χ0v) is 23.0. The molecule has 0 unspecified atom stereocenters. The summed E-state index contributed by atoms with van der Waals surface area (Å²) >= 11 is 6.79. The minimum absolute atomic E-state index is 0.158. The van der Waals surface area contributed by atoms with E-state index in [1.54, 1.807) is 43.4 Å². The molecule has 4 aromatic carbocycles. The van der Waals surface area contributed by atoms with Crippen molar-refractivity contribution in [1.82, 2.24) is 4.90 Å². The maximum atomic E-state index is 13.3. The number of carbonyl (C=O) groups is 2. The topological polar surface area (TPSA) is 76.1 Å². The first kappa shape index (κ1) is 26.5. The van der Waals surface area contributed by atoms with Gasteiger partial charge in [0.05, 0.1) is 24.7 Å². The molecule has 1 saturated heterocycles. The second kappa shape index (κ2) is 11.3. The molecule has 4 aromatic rings. The summed E-state index contributed by atoms with van der Waals surface area (Å²) in [6, 6.07) is 24.9. The number of nitrogens with zero attached hydrogens (tertiary/aromatic N) is 1. The van der Waals surface area contributed by atoms with Gasteiger partial charge in [-0.2, -0.15) is 0 Å². The van der Waals surface area contributed by atoms with Gasteiger partial charge in [0.2, 0.25) is 0 Å². The van der Waals surface area contributed by atoms with Crippen molar-refractivity contribution in [2.45, 2.75) is 6.42 Å². The number of amides is 1. The largest absolute Gasteiger partial charge is 0.493 e. The number of carboxylic acids is 1. The van der Waals surface area contributed by atoms with Crippen LogP contribution in [-0.4, -0.2) is 47.0 Å². The van der Waals surface area contributed by atoms with Gasteiger partial charge in [-0.3, -0.25) is 9.69 Å². The summed E-state index contributed by atoms with van der Waals surface area (Å²) in [4.78, 5) is 26.5. The van der Waals surface area contributed by atoms with Crippen molar-refractivity contribution >= 4 is 57.0 Å². The van der Waals surface area contributed by atoms with E-state index in [0.717, 1.165) is 33.0 Å². The summed E-state index contributed by atoms with van der Waals surface area (Å²) in [5.41, 5.74) is 3.78. The fourth-order valence-corrected chi connectivity index (χ4v) is 5.85. The lowest BCUT2D eigenvalue weighted by molar-refractivity contribution is -0.122. The van der Waals surface area contributed by atoms with E-state index in [2.05, 4.69) is 24.3 Å². The van der Waals surface area contributed by atoms with Crippen LogP contribution in [-0.2, 0) is 11.2 Å². The van der Waals surface area contributed by atoms with Crippen molar-refractivity contribution in [2.75, 3.05) is 20.8 Å². The van der Waals surface area contributed by atoms with Crippen LogP contribution in [0.3, 0.4) is 0 Å². The average Bonchev–Trinajstić information content (AvgIpc) is 3.22. The van der Waals surface area contributed by atoms with Crippen LogP contribution in [0.2, 0.25) is 0 Å². The van der Waals surface area contributed by atoms with Crippen LogP contribution >= 0.6 is 24.0 Å². The fraction of sp³-hybridized carbons (Fsp3) is 0.129. The van der Waals surface area contributed by atoms with Crippen LogP contribution in [0, 0.1) is 0 Å². The van der Waals surface area contributed by atoms with Crippen LogP contribution in [0.5, 0.6) is 11.5 Å². The average molecular weight is 556 g/mol. The van der Waals surface area contributed by atoms with E-state index >= 15 is 0 Å². The standard InChI is InChI=1S/C31H25NO5S2/c1-36-26-16-20(15-25(28(26)37-2)24-12-11-21-5-3-4-6-23(21)18-24)17-27-29(33)32(31(38)39-27)14-13-19-7-9-22(10-8-19)30(34)35/h3-12,15-18H,13-14H2,1-2H3,(H,34,35). The third-order valence-corrected chi connectivity index (χ3v) is 7.94. The number of ether oxygens (including phenoxy) is 2. The van der Waals surface area contributed by atoms with Gasteiger partial charge in [-0.25, -0.2) is 4.79 Å². The Balaban J connectivity index is 1.42. The molecular formula is C31H25NO5S2. The lowest BCUT2D eigenvalue weighted by atomic mass is 9.98. The smallest absolute Gasteiger partial charge is 0.335 e. The first-order valence-corrected chi connectivity index (χ1v) is 13.4. The Kier molecular flexibility index (Phi) is 7.67. The Labute approximate surface area is 235 Å². The SMILES string of the molecule is COc1cc(C=C2SC(=S)N(CCc3ccc(C(=O)O)cc3)C2=O)cc(-c2ccc3ccccc3c2)c1OC. The highest BCUT2D eigenvalue weighted by molar-refractivity contribution is 8.26.